The number of hydrogen-bond acceptors (Lipinski definition) is 14. The molecule has 16 heteroatoms. The van der Waals surface area contributed by atoms with Crippen LogP contribution in [-0.4, -0.2) is 69.7 Å². The van der Waals surface area contributed by atoms with Crippen molar-refractivity contribution < 1.29 is 37.5 Å². The molecule has 0 saturated carbocycles. The van der Waals surface area contributed by atoms with Crippen LogP contribution in [0.15, 0.2) is 95.1 Å². The van der Waals surface area contributed by atoms with E-state index >= 15 is 0 Å². The number of furan rings is 2. The summed E-state index contributed by atoms with van der Waals surface area (Å²) in [5, 5.41) is 6.28. The van der Waals surface area contributed by atoms with Crippen molar-refractivity contribution in [2.45, 2.75) is 32.1 Å². The van der Waals surface area contributed by atoms with Gasteiger partial charge >= 0.3 is 0 Å². The minimum absolute atomic E-state index is 0.00898. The Morgan fingerprint density at radius 1 is 0.737 bits per heavy atom. The summed E-state index contributed by atoms with van der Waals surface area (Å²) in [6, 6.07) is 14.0. The van der Waals surface area contributed by atoms with Gasteiger partial charge in [0.1, 0.15) is 21.1 Å². The second-order valence-electron chi connectivity index (χ2n) is 13.1. The molecule has 0 aliphatic carbocycles. The summed E-state index contributed by atoms with van der Waals surface area (Å²) < 4.78 is 21.6. The van der Waals surface area contributed by atoms with E-state index in [4.69, 9.17) is 18.3 Å². The van der Waals surface area contributed by atoms with E-state index in [2.05, 4.69) is 37.1 Å². The molecule has 0 atom stereocenters. The third kappa shape index (κ3) is 9.90. The fourth-order valence-corrected chi connectivity index (χ4v) is 8.20. The lowest BCUT2D eigenvalue weighted by Crippen LogP contribution is -2.23. The van der Waals surface area contributed by atoms with Crippen molar-refractivity contribution in [2.24, 2.45) is 11.8 Å². The van der Waals surface area contributed by atoms with Crippen molar-refractivity contribution in [1.82, 2.24) is 19.9 Å². The second-order valence-corrected chi connectivity index (χ2v) is 15.1. The molecule has 2 aliphatic heterocycles. The number of carbonyl (C=O) groups excluding carboxylic acids is 4. The highest BCUT2D eigenvalue weighted by Gasteiger charge is 2.31. The van der Waals surface area contributed by atoms with E-state index in [0.29, 0.717) is 106 Å². The summed E-state index contributed by atoms with van der Waals surface area (Å²) in [6.45, 7) is 5.96. The Bertz CT molecular complexity index is 2290. The van der Waals surface area contributed by atoms with Crippen molar-refractivity contribution in [3.63, 3.8) is 0 Å². The standard InChI is InChI=1S/C21H19N3O4S.C20H19N3O4S/c1-2-15-6-5-14(12-22-15)20(26)24-21-23-17(16-4-3-9-28-16)19(29-21)18(25)13-7-10-27-11-8-13;24-16(11-13-3-1-7-21-12-13)22-20-23-17(15-4-2-8-27-15)19(28-20)18(25)14-5-9-26-10-6-14/h2-6,9,12-13H,1,7-8,10-11H2,(H,23,24,26);1-4,7-8,12,14H,5-6,9-11H2,(H,22,23,24). The average molecular weight is 807 g/mol. The van der Waals surface area contributed by atoms with Gasteiger partial charge in [0.25, 0.3) is 5.91 Å². The first-order valence-electron chi connectivity index (χ1n) is 18.3. The highest BCUT2D eigenvalue weighted by Crippen LogP contribution is 2.36. The normalized spacial score (nSPS) is 14.6. The van der Waals surface area contributed by atoms with Crippen LogP contribution < -0.4 is 10.6 Å². The van der Waals surface area contributed by atoms with Gasteiger partial charge in [0.2, 0.25) is 5.91 Å². The Hall–Kier alpha value is -5.94. The molecule has 57 heavy (non-hydrogen) atoms. The van der Waals surface area contributed by atoms with Gasteiger partial charge in [0.15, 0.2) is 33.4 Å². The number of amides is 2. The zero-order valence-corrected chi connectivity index (χ0v) is 32.3. The summed E-state index contributed by atoms with van der Waals surface area (Å²) >= 11 is 2.35. The summed E-state index contributed by atoms with van der Waals surface area (Å²) in [4.78, 5) is 69.2. The summed E-state index contributed by atoms with van der Waals surface area (Å²) in [6.07, 6.45) is 12.4. The van der Waals surface area contributed by atoms with Gasteiger partial charge in [0.05, 0.1) is 30.2 Å². The van der Waals surface area contributed by atoms with Crippen LogP contribution in [0.1, 0.15) is 66.6 Å². The van der Waals surface area contributed by atoms with Crippen molar-refractivity contribution in [2.75, 3.05) is 37.1 Å². The molecule has 0 radical (unpaired) electrons. The summed E-state index contributed by atoms with van der Waals surface area (Å²) in [7, 11) is 0. The van der Waals surface area contributed by atoms with Crippen molar-refractivity contribution >= 4 is 62.4 Å². The van der Waals surface area contributed by atoms with Gasteiger partial charge in [-0.05, 0) is 79.8 Å². The third-order valence-electron chi connectivity index (χ3n) is 9.21. The van der Waals surface area contributed by atoms with Gasteiger partial charge < -0.3 is 23.6 Å². The van der Waals surface area contributed by atoms with Crippen LogP contribution in [0.25, 0.3) is 29.0 Å². The maximum Gasteiger partial charge on any atom is 0.259 e. The first-order chi connectivity index (χ1) is 27.9. The predicted octanol–water partition coefficient (Wildman–Crippen LogP) is 7.89. The van der Waals surface area contributed by atoms with E-state index in [0.717, 1.165) is 16.9 Å². The fraction of sp³-hybridized carbons (Fsp3) is 0.268. The minimum Gasteiger partial charge on any atom is -0.463 e. The lowest BCUT2D eigenvalue weighted by Gasteiger charge is -2.20. The largest absolute Gasteiger partial charge is 0.463 e. The molecule has 6 aromatic heterocycles. The molecule has 0 aromatic carbocycles. The van der Waals surface area contributed by atoms with Crippen molar-refractivity contribution in [3.8, 4) is 22.9 Å². The zero-order valence-electron chi connectivity index (χ0n) is 30.7. The highest BCUT2D eigenvalue weighted by atomic mass is 32.1. The highest BCUT2D eigenvalue weighted by molar-refractivity contribution is 7.18. The van der Waals surface area contributed by atoms with Gasteiger partial charge in [-0.15, -0.1) is 0 Å². The van der Waals surface area contributed by atoms with E-state index in [1.165, 1.54) is 30.1 Å². The number of anilines is 2. The van der Waals surface area contributed by atoms with Crippen LogP contribution in [0.5, 0.6) is 0 Å². The Labute approximate surface area is 335 Å². The van der Waals surface area contributed by atoms with Crippen LogP contribution in [0.4, 0.5) is 10.3 Å². The molecule has 2 aliphatic rings. The molecule has 0 spiro atoms. The number of pyridine rings is 2. The average Bonchev–Trinajstić information content (AvgIpc) is 4.10. The monoisotopic (exact) mass is 806 g/mol. The lowest BCUT2D eigenvalue weighted by atomic mass is 9.94. The lowest BCUT2D eigenvalue weighted by molar-refractivity contribution is -0.115. The Kier molecular flexibility index (Phi) is 13.0. The minimum atomic E-state index is -0.349. The fourth-order valence-electron chi connectivity index (χ4n) is 6.21. The summed E-state index contributed by atoms with van der Waals surface area (Å²) in [5.74, 6) is 0.276. The third-order valence-corrected chi connectivity index (χ3v) is 11.2. The van der Waals surface area contributed by atoms with Crippen LogP contribution in [0.2, 0.25) is 0 Å². The van der Waals surface area contributed by atoms with Crippen LogP contribution in [-0.2, 0) is 20.7 Å². The Morgan fingerprint density at radius 3 is 1.79 bits per heavy atom. The van der Waals surface area contributed by atoms with Crippen LogP contribution in [0, 0.1) is 11.8 Å². The number of thiazole rings is 2. The van der Waals surface area contributed by atoms with E-state index in [9.17, 15) is 19.2 Å². The molecule has 8 heterocycles. The number of hydrogen-bond donors (Lipinski definition) is 2. The molecule has 2 fully saturated rings. The topological polar surface area (TPSA) is 189 Å². The molecular weight excluding hydrogens is 769 g/mol. The smallest absolute Gasteiger partial charge is 0.259 e. The molecule has 8 rings (SSSR count). The Morgan fingerprint density at radius 2 is 1.32 bits per heavy atom. The van der Waals surface area contributed by atoms with Gasteiger partial charge in [-0.1, -0.05) is 35.3 Å². The van der Waals surface area contributed by atoms with E-state index in [1.807, 2.05) is 6.07 Å². The zero-order chi connectivity index (χ0) is 39.6. The first kappa shape index (κ1) is 39.3. The quantitative estimate of drug-likeness (QED) is 0.114. The number of ketones is 2. The van der Waals surface area contributed by atoms with Gasteiger partial charge in [-0.3, -0.25) is 34.5 Å². The van der Waals surface area contributed by atoms with E-state index in [1.54, 1.807) is 60.9 Å². The molecule has 6 aromatic rings. The molecule has 292 valence electrons. The number of nitrogens with zero attached hydrogens (tertiary/aromatic N) is 4. The van der Waals surface area contributed by atoms with Crippen molar-refractivity contribution in [1.29, 1.82) is 0 Å². The van der Waals surface area contributed by atoms with Crippen LogP contribution >= 0.6 is 22.7 Å². The number of rotatable bonds is 12. The maximum atomic E-state index is 13.1. The SMILES string of the molecule is C=Cc1ccc(C(=O)Nc2nc(-c3ccco3)c(C(=O)C3CCOCC3)s2)cn1.O=C(Cc1cccnc1)Nc1nc(-c2ccco2)c(C(=O)C2CCOCC2)s1. The van der Waals surface area contributed by atoms with Crippen LogP contribution in [0.3, 0.4) is 0 Å². The molecule has 0 bridgehead atoms. The molecule has 2 saturated heterocycles. The maximum absolute atomic E-state index is 13.1. The van der Waals surface area contributed by atoms with E-state index < -0.39 is 0 Å². The molecule has 2 N–H and O–H groups in total. The van der Waals surface area contributed by atoms with Crippen molar-refractivity contribution in [3.05, 3.63) is 113 Å². The summed E-state index contributed by atoms with van der Waals surface area (Å²) in [5.41, 5.74) is 2.80. The molecule has 14 nitrogen and oxygen atoms in total. The number of nitrogens with one attached hydrogen (secondary N) is 2. The number of ether oxygens (including phenoxy) is 2. The number of carbonyl (C=O) groups is 4. The van der Waals surface area contributed by atoms with E-state index in [-0.39, 0.29) is 41.6 Å². The van der Waals surface area contributed by atoms with Gasteiger partial charge in [-0.25, -0.2) is 9.97 Å². The second kappa shape index (κ2) is 18.8. The first-order valence-corrected chi connectivity index (χ1v) is 19.9. The number of Topliss-reactive ketones (excluding diaryl/α,β-unsaturated/α-hetero) is 2. The number of aromatic nitrogens is 4. The molecule has 0 unspecified atom stereocenters. The molecule has 2 amide bonds. The van der Waals surface area contributed by atoms with Gasteiger partial charge in [0, 0.05) is 56.9 Å². The predicted molar refractivity (Wildman–Crippen MR) is 214 cm³/mol. The van der Waals surface area contributed by atoms with Gasteiger partial charge in [-0.2, -0.15) is 0 Å². The Balaban J connectivity index is 0.000000174. The molecular formula is C41H38N6O8S2.